The Hall–Kier alpha value is -3.37. The average Bonchev–Trinajstić information content (AvgIpc) is 3.10. The Labute approximate surface area is 340 Å². The number of nitrogens with one attached hydrogen (secondary N) is 4. The van der Waals surface area contributed by atoms with Crippen molar-refractivity contribution in [1.82, 2.24) is 21.3 Å². The molecule has 0 aliphatic rings. The first-order valence-electron chi connectivity index (χ1n) is 21.4. The van der Waals surface area contributed by atoms with E-state index in [0.29, 0.717) is 26.1 Å². The molecular formula is C43H81N6O7+. The molecule has 0 fully saturated rings. The van der Waals surface area contributed by atoms with Gasteiger partial charge in [0.15, 0.2) is 5.78 Å². The van der Waals surface area contributed by atoms with Crippen LogP contribution in [0, 0.1) is 12.3 Å². The van der Waals surface area contributed by atoms with Crippen LogP contribution in [0.5, 0.6) is 0 Å². The topological polar surface area (TPSA) is 178 Å². The van der Waals surface area contributed by atoms with Crippen molar-refractivity contribution < 1.29 is 37.9 Å². The number of nitrogens with zero attached hydrogens (tertiary/aromatic N) is 1. The lowest BCUT2D eigenvalue weighted by molar-refractivity contribution is -0.908. The molecule has 0 bridgehead atoms. The zero-order chi connectivity index (χ0) is 42.3. The number of carbonyl (C=O) groups is 5. The number of amides is 4. The highest BCUT2D eigenvalue weighted by molar-refractivity contribution is 5.83. The normalized spacial score (nSPS) is 12.3. The number of nitrogens with two attached hydrogens (primary N) is 1. The minimum atomic E-state index is -0.712. The van der Waals surface area contributed by atoms with Crippen molar-refractivity contribution in [3.8, 4) is 12.3 Å². The number of Topliss-reactive ketones (excluding diaryl/α,β-unsaturated/α-hetero) is 1. The molecule has 13 nitrogen and oxygen atoms in total. The highest BCUT2D eigenvalue weighted by Crippen LogP contribution is 2.15. The van der Waals surface area contributed by atoms with E-state index in [0.717, 1.165) is 32.1 Å². The summed E-state index contributed by atoms with van der Waals surface area (Å²) >= 11 is 0. The van der Waals surface area contributed by atoms with Gasteiger partial charge in [0, 0.05) is 39.0 Å². The number of ketones is 1. The van der Waals surface area contributed by atoms with Gasteiger partial charge in [-0.25, -0.2) is 9.59 Å². The van der Waals surface area contributed by atoms with Crippen LogP contribution in [0.2, 0.25) is 0 Å². The predicted molar refractivity (Wildman–Crippen MR) is 225 cm³/mol. The maximum absolute atomic E-state index is 13.1. The van der Waals surface area contributed by atoms with E-state index in [4.69, 9.17) is 21.6 Å². The monoisotopic (exact) mass is 794 g/mol. The van der Waals surface area contributed by atoms with Crippen molar-refractivity contribution in [2.75, 3.05) is 52.9 Å². The fraction of sp³-hybridized carbons (Fsp3) is 0.837. The lowest BCUT2D eigenvalue weighted by atomic mass is 10.0. The van der Waals surface area contributed by atoms with E-state index in [2.05, 4.69) is 27.2 Å². The van der Waals surface area contributed by atoms with Gasteiger partial charge in [0.05, 0.1) is 33.0 Å². The second-order valence-electron chi connectivity index (χ2n) is 17.4. The fourth-order valence-electron chi connectivity index (χ4n) is 6.16. The van der Waals surface area contributed by atoms with Crippen molar-refractivity contribution in [2.24, 2.45) is 5.73 Å². The van der Waals surface area contributed by atoms with Crippen molar-refractivity contribution in [3.05, 3.63) is 0 Å². The van der Waals surface area contributed by atoms with E-state index in [1.807, 2.05) is 7.05 Å². The summed E-state index contributed by atoms with van der Waals surface area (Å²) in [5.41, 5.74) is 5.22. The van der Waals surface area contributed by atoms with Crippen LogP contribution in [0.1, 0.15) is 164 Å². The third-order valence-electron chi connectivity index (χ3n) is 9.28. The molecular weight excluding hydrogens is 713 g/mol. The number of carbonyl (C=O) groups excluding carboxylic acids is 5. The van der Waals surface area contributed by atoms with E-state index in [-0.39, 0.29) is 61.1 Å². The number of rotatable bonds is 32. The van der Waals surface area contributed by atoms with E-state index in [1.165, 1.54) is 70.6 Å². The molecule has 0 saturated carbocycles. The second-order valence-corrected chi connectivity index (χ2v) is 17.4. The van der Waals surface area contributed by atoms with Crippen molar-refractivity contribution in [2.45, 2.75) is 181 Å². The molecule has 324 valence electrons. The first-order chi connectivity index (χ1) is 26.4. The lowest BCUT2D eigenvalue weighted by Gasteiger charge is -2.36. The quantitative estimate of drug-likeness (QED) is 0.0285. The molecule has 0 spiro atoms. The number of hydrogen-bond donors (Lipinski definition) is 5. The standard InChI is InChI=1S/C43H80N6O7/c1-9-10-11-12-13-14-15-16-17-18-19-20-21-22-23-24-25-26-37(50)36(44)35-49(8,33-27-38(51)45-29-31-47-40(53)55-42(2,3)4)34-28-39(52)46-30-32-48-41(54)56-43(5,6)7/h1,36H,10-35,44H2,2-8H3,(H3-,45,46,47,48,51,52,53,54)/p+1. The van der Waals surface area contributed by atoms with E-state index < -0.39 is 29.4 Å². The summed E-state index contributed by atoms with van der Waals surface area (Å²) in [6.45, 7) is 12.6. The molecule has 0 heterocycles. The fourth-order valence-corrected chi connectivity index (χ4v) is 6.16. The molecule has 0 radical (unpaired) electrons. The molecule has 0 saturated heterocycles. The Balaban J connectivity index is 4.67. The molecule has 4 amide bonds. The van der Waals surface area contributed by atoms with Gasteiger partial charge in [-0.05, 0) is 54.4 Å². The number of unbranched alkanes of at least 4 members (excludes halogenated alkanes) is 15. The van der Waals surface area contributed by atoms with Crippen LogP contribution in [0.3, 0.4) is 0 Å². The number of terminal acetylenes is 1. The Morgan fingerprint density at radius 3 is 1.27 bits per heavy atom. The summed E-state index contributed by atoms with van der Waals surface area (Å²) in [6, 6.07) is -0.712. The van der Waals surface area contributed by atoms with Gasteiger partial charge in [0.2, 0.25) is 11.8 Å². The summed E-state index contributed by atoms with van der Waals surface area (Å²) in [6.07, 6.45) is 24.1. The minimum absolute atomic E-state index is 0.00254. The average molecular weight is 794 g/mol. The molecule has 0 aromatic rings. The minimum Gasteiger partial charge on any atom is -0.444 e. The summed E-state index contributed by atoms with van der Waals surface area (Å²) < 4.78 is 10.7. The SMILES string of the molecule is C#CCCCCCCCCCCCCCCCCCC(=O)C(N)C[N+](C)(CCC(=O)NCCNC(=O)OC(C)(C)C)CCC(=O)NCCNC(=O)OC(C)(C)C. The Morgan fingerprint density at radius 2 is 0.911 bits per heavy atom. The number of likely N-dealkylation sites (N-methyl/N-ethyl adjacent to an activating group) is 1. The zero-order valence-corrected chi connectivity index (χ0v) is 36.4. The molecule has 0 aromatic heterocycles. The zero-order valence-electron chi connectivity index (χ0n) is 36.4. The Kier molecular flexibility index (Phi) is 28.9. The van der Waals surface area contributed by atoms with Gasteiger partial charge >= 0.3 is 12.2 Å². The first-order valence-corrected chi connectivity index (χ1v) is 21.4. The van der Waals surface area contributed by atoms with Crippen molar-refractivity contribution >= 4 is 29.8 Å². The van der Waals surface area contributed by atoms with Gasteiger partial charge in [0.1, 0.15) is 23.8 Å². The van der Waals surface area contributed by atoms with Crippen LogP contribution in [-0.2, 0) is 23.9 Å². The van der Waals surface area contributed by atoms with Gasteiger partial charge in [-0.3, -0.25) is 14.4 Å². The summed E-state index contributed by atoms with van der Waals surface area (Å²) in [7, 11) is 1.91. The van der Waals surface area contributed by atoms with Crippen LogP contribution < -0.4 is 27.0 Å². The highest BCUT2D eigenvalue weighted by atomic mass is 16.6. The maximum atomic E-state index is 13.1. The van der Waals surface area contributed by atoms with Crippen LogP contribution in [0.4, 0.5) is 9.59 Å². The largest absolute Gasteiger partial charge is 0.444 e. The number of alkyl carbamates (subject to hydrolysis) is 2. The van der Waals surface area contributed by atoms with Gasteiger partial charge < -0.3 is 41.0 Å². The molecule has 0 aliphatic carbocycles. The molecule has 0 aliphatic heterocycles. The molecule has 0 aromatic carbocycles. The highest BCUT2D eigenvalue weighted by Gasteiger charge is 2.30. The third kappa shape index (κ3) is 33.9. The summed E-state index contributed by atoms with van der Waals surface area (Å²) in [4.78, 5) is 62.3. The van der Waals surface area contributed by atoms with E-state index in [9.17, 15) is 24.0 Å². The summed E-state index contributed by atoms with van der Waals surface area (Å²) in [5, 5.41) is 10.8. The van der Waals surface area contributed by atoms with Gasteiger partial charge in [-0.2, -0.15) is 0 Å². The molecule has 13 heteroatoms. The molecule has 1 unspecified atom stereocenters. The third-order valence-corrected chi connectivity index (χ3v) is 9.28. The smallest absolute Gasteiger partial charge is 0.407 e. The van der Waals surface area contributed by atoms with Gasteiger partial charge in [0.25, 0.3) is 0 Å². The van der Waals surface area contributed by atoms with Crippen LogP contribution in [0.15, 0.2) is 0 Å². The van der Waals surface area contributed by atoms with E-state index >= 15 is 0 Å². The second kappa shape index (κ2) is 30.7. The molecule has 1 atom stereocenters. The van der Waals surface area contributed by atoms with Crippen LogP contribution >= 0.6 is 0 Å². The predicted octanol–water partition coefficient (Wildman–Crippen LogP) is 6.66. The Bertz CT molecular complexity index is 1110. The van der Waals surface area contributed by atoms with E-state index in [1.54, 1.807) is 41.5 Å². The van der Waals surface area contributed by atoms with Crippen LogP contribution in [-0.4, -0.2) is 104 Å². The number of hydrogen-bond acceptors (Lipinski definition) is 8. The van der Waals surface area contributed by atoms with Crippen molar-refractivity contribution in [1.29, 1.82) is 0 Å². The first kappa shape index (κ1) is 52.6. The Morgan fingerprint density at radius 1 is 0.571 bits per heavy atom. The molecule has 56 heavy (non-hydrogen) atoms. The number of ether oxygens (including phenoxy) is 2. The summed E-state index contributed by atoms with van der Waals surface area (Å²) in [5.74, 6) is 2.28. The lowest BCUT2D eigenvalue weighted by Crippen LogP contribution is -2.55. The van der Waals surface area contributed by atoms with Gasteiger partial charge in [-0.1, -0.05) is 83.5 Å². The molecule has 0 rings (SSSR count). The maximum Gasteiger partial charge on any atom is 0.407 e. The van der Waals surface area contributed by atoms with Gasteiger partial charge in [-0.15, -0.1) is 12.3 Å². The van der Waals surface area contributed by atoms with Crippen molar-refractivity contribution in [3.63, 3.8) is 0 Å². The number of quaternary nitrogens is 1. The molecule has 6 N–H and O–H groups in total. The van der Waals surface area contributed by atoms with Crippen LogP contribution in [0.25, 0.3) is 0 Å².